The zero-order valence-corrected chi connectivity index (χ0v) is 10.6. The van der Waals surface area contributed by atoms with Gasteiger partial charge in [-0.25, -0.2) is 0 Å². The molecule has 0 aliphatic carbocycles. The Morgan fingerprint density at radius 3 is 1.39 bits per heavy atom. The van der Waals surface area contributed by atoms with E-state index < -0.39 is 17.7 Å². The summed E-state index contributed by atoms with van der Waals surface area (Å²) in [7, 11) is 0. The fraction of sp³-hybridized carbons (Fsp3) is 0.600. The first kappa shape index (κ1) is 15.9. The predicted molar refractivity (Wildman–Crippen MR) is 62.8 cm³/mol. The van der Waals surface area contributed by atoms with Gasteiger partial charge in [-0.3, -0.25) is 19.2 Å². The number of rotatable bonds is 6. The molecule has 4 N–H and O–H groups in total. The monoisotopic (exact) mass is 258 g/mol. The largest absolute Gasteiger partial charge is 0.339 e. The van der Waals surface area contributed by atoms with E-state index in [-0.39, 0.29) is 25.2 Å². The van der Waals surface area contributed by atoms with Gasteiger partial charge in [-0.1, -0.05) is 0 Å². The minimum atomic E-state index is -0.910. The number of nitrogens with one attached hydrogen (secondary N) is 4. The molecule has 0 heterocycles. The van der Waals surface area contributed by atoms with E-state index in [4.69, 9.17) is 0 Å². The Kier molecular flexibility index (Phi) is 7.10. The van der Waals surface area contributed by atoms with Gasteiger partial charge in [0, 0.05) is 13.8 Å². The second-order valence-corrected chi connectivity index (χ2v) is 3.62. The maximum atomic E-state index is 11.5. The Balaban J connectivity index is 3.93. The lowest BCUT2D eigenvalue weighted by molar-refractivity contribution is -0.134. The van der Waals surface area contributed by atoms with Crippen molar-refractivity contribution in [1.29, 1.82) is 0 Å². The van der Waals surface area contributed by atoms with E-state index in [9.17, 15) is 19.2 Å². The summed E-state index contributed by atoms with van der Waals surface area (Å²) in [6, 6.07) is 0. The number of hydrogen-bond donors (Lipinski definition) is 4. The minimum absolute atomic E-state index is 0.0303. The Morgan fingerprint density at radius 1 is 0.778 bits per heavy atom. The van der Waals surface area contributed by atoms with E-state index in [0.29, 0.717) is 0 Å². The summed E-state index contributed by atoms with van der Waals surface area (Å²) in [6.45, 7) is 3.99. The van der Waals surface area contributed by atoms with Gasteiger partial charge in [-0.15, -0.1) is 0 Å². The smallest absolute Gasteiger partial charge is 0.233 e. The molecule has 102 valence electrons. The highest BCUT2D eigenvalue weighted by atomic mass is 16.2. The van der Waals surface area contributed by atoms with Gasteiger partial charge in [-0.05, 0) is 6.92 Å². The lowest BCUT2D eigenvalue weighted by Gasteiger charge is -2.12. The zero-order valence-electron chi connectivity index (χ0n) is 10.6. The van der Waals surface area contributed by atoms with Crippen LogP contribution >= 0.6 is 0 Å². The Labute approximate surface area is 105 Å². The van der Waals surface area contributed by atoms with E-state index in [2.05, 4.69) is 21.3 Å². The third kappa shape index (κ3) is 7.20. The highest BCUT2D eigenvalue weighted by Gasteiger charge is 2.20. The molecule has 0 saturated carbocycles. The van der Waals surface area contributed by atoms with E-state index in [1.165, 1.54) is 20.8 Å². The first-order valence-electron chi connectivity index (χ1n) is 5.39. The third-order valence-corrected chi connectivity index (χ3v) is 1.99. The molecule has 8 heteroatoms. The van der Waals surface area contributed by atoms with Crippen molar-refractivity contribution < 1.29 is 19.2 Å². The highest BCUT2D eigenvalue weighted by molar-refractivity contribution is 5.99. The molecular weight excluding hydrogens is 240 g/mol. The maximum Gasteiger partial charge on any atom is 0.233 e. The molecule has 0 spiro atoms. The van der Waals surface area contributed by atoms with Crippen molar-refractivity contribution in [3.8, 4) is 0 Å². The van der Waals surface area contributed by atoms with Crippen molar-refractivity contribution in [2.45, 2.75) is 20.8 Å². The molecular formula is C10H18N4O4. The van der Waals surface area contributed by atoms with Crippen LogP contribution in [-0.2, 0) is 19.2 Å². The molecule has 0 aromatic carbocycles. The molecule has 0 bridgehead atoms. The number of amides is 4. The van der Waals surface area contributed by atoms with Crippen LogP contribution in [0.2, 0.25) is 0 Å². The average Bonchev–Trinajstić information content (AvgIpc) is 2.26. The van der Waals surface area contributed by atoms with Gasteiger partial charge >= 0.3 is 0 Å². The fourth-order valence-corrected chi connectivity index (χ4v) is 0.937. The minimum Gasteiger partial charge on any atom is -0.339 e. The lowest BCUT2D eigenvalue weighted by Crippen LogP contribution is -2.45. The molecule has 0 fully saturated rings. The molecule has 0 aliphatic rings. The van der Waals surface area contributed by atoms with Crippen LogP contribution in [0, 0.1) is 5.92 Å². The quantitative estimate of drug-likeness (QED) is 0.327. The molecule has 0 unspecified atom stereocenters. The average molecular weight is 258 g/mol. The van der Waals surface area contributed by atoms with Crippen molar-refractivity contribution in [3.05, 3.63) is 0 Å². The lowest BCUT2D eigenvalue weighted by atomic mass is 10.1. The van der Waals surface area contributed by atoms with Crippen molar-refractivity contribution >= 4 is 23.6 Å². The highest BCUT2D eigenvalue weighted by Crippen LogP contribution is 1.93. The van der Waals surface area contributed by atoms with Crippen molar-refractivity contribution in [2.24, 2.45) is 5.92 Å². The molecule has 0 aromatic heterocycles. The Morgan fingerprint density at radius 2 is 1.11 bits per heavy atom. The van der Waals surface area contributed by atoms with Gasteiger partial charge in [-0.2, -0.15) is 0 Å². The van der Waals surface area contributed by atoms with Crippen molar-refractivity contribution in [3.63, 3.8) is 0 Å². The normalized spacial score (nSPS) is 9.56. The summed E-state index contributed by atoms with van der Waals surface area (Å²) in [5, 5.41) is 9.49. The summed E-state index contributed by atoms with van der Waals surface area (Å²) in [5.41, 5.74) is 0. The number of carbonyl (C=O) groups is 4. The van der Waals surface area contributed by atoms with E-state index >= 15 is 0 Å². The molecule has 0 atom stereocenters. The molecule has 0 radical (unpaired) electrons. The van der Waals surface area contributed by atoms with Gasteiger partial charge in [0.25, 0.3) is 0 Å². The summed E-state index contributed by atoms with van der Waals surface area (Å²) in [5.74, 6) is -2.49. The van der Waals surface area contributed by atoms with Gasteiger partial charge in [0.05, 0.1) is 13.3 Å². The van der Waals surface area contributed by atoms with Crippen LogP contribution in [0.1, 0.15) is 20.8 Å². The van der Waals surface area contributed by atoms with E-state index in [1.54, 1.807) is 0 Å². The molecule has 8 nitrogen and oxygen atoms in total. The van der Waals surface area contributed by atoms with Gasteiger partial charge < -0.3 is 21.3 Å². The maximum absolute atomic E-state index is 11.5. The van der Waals surface area contributed by atoms with Crippen LogP contribution in [0.4, 0.5) is 0 Å². The Bertz CT molecular complexity index is 311. The van der Waals surface area contributed by atoms with Crippen molar-refractivity contribution in [2.75, 3.05) is 13.3 Å². The summed E-state index contributed by atoms with van der Waals surface area (Å²) in [6.07, 6.45) is 0. The molecule has 4 amide bonds. The van der Waals surface area contributed by atoms with Gasteiger partial charge in [0.1, 0.15) is 5.92 Å². The number of carbonyl (C=O) groups excluding carboxylic acids is 4. The first-order valence-corrected chi connectivity index (χ1v) is 5.39. The van der Waals surface area contributed by atoms with Crippen LogP contribution in [-0.4, -0.2) is 37.0 Å². The molecule has 18 heavy (non-hydrogen) atoms. The molecule has 0 aliphatic heterocycles. The topological polar surface area (TPSA) is 116 Å². The summed E-state index contributed by atoms with van der Waals surface area (Å²) >= 11 is 0. The van der Waals surface area contributed by atoms with Gasteiger partial charge in [0.15, 0.2) is 0 Å². The van der Waals surface area contributed by atoms with E-state index in [0.717, 1.165) is 0 Å². The Hall–Kier alpha value is -2.12. The fourth-order valence-electron chi connectivity index (χ4n) is 0.937. The second-order valence-electron chi connectivity index (χ2n) is 3.62. The van der Waals surface area contributed by atoms with Crippen LogP contribution in [0.3, 0.4) is 0 Å². The SMILES string of the molecule is CC(=O)NCNC(=O)C(C)C(=O)NCNC(C)=O. The first-order chi connectivity index (χ1) is 8.34. The van der Waals surface area contributed by atoms with Crippen LogP contribution in [0.5, 0.6) is 0 Å². The number of hydrogen-bond acceptors (Lipinski definition) is 4. The van der Waals surface area contributed by atoms with Crippen LogP contribution in [0.25, 0.3) is 0 Å². The van der Waals surface area contributed by atoms with Crippen LogP contribution in [0.15, 0.2) is 0 Å². The zero-order chi connectivity index (χ0) is 14.1. The molecule has 0 saturated heterocycles. The second kappa shape index (κ2) is 8.04. The molecule has 0 rings (SSSR count). The standard InChI is InChI=1S/C10H18N4O4/c1-6(9(17)13-4-11-7(2)15)10(18)14-5-12-8(3)16/h6H,4-5H2,1-3H3,(H,11,15)(H,12,16)(H,13,17)(H,14,18). The summed E-state index contributed by atoms with van der Waals surface area (Å²) < 4.78 is 0. The summed E-state index contributed by atoms with van der Waals surface area (Å²) in [4.78, 5) is 44.0. The van der Waals surface area contributed by atoms with Crippen molar-refractivity contribution in [1.82, 2.24) is 21.3 Å². The van der Waals surface area contributed by atoms with Crippen LogP contribution < -0.4 is 21.3 Å². The molecule has 0 aromatic rings. The van der Waals surface area contributed by atoms with Gasteiger partial charge in [0.2, 0.25) is 23.6 Å². The third-order valence-electron chi connectivity index (χ3n) is 1.99. The predicted octanol–water partition coefficient (Wildman–Crippen LogP) is -1.96. The van der Waals surface area contributed by atoms with E-state index in [1.807, 2.05) is 0 Å².